The molecule has 3 N–H and O–H groups in total. The number of aromatic nitrogens is 2. The summed E-state index contributed by atoms with van der Waals surface area (Å²) in [6, 6.07) is 4.82. The Labute approximate surface area is 173 Å². The van der Waals surface area contributed by atoms with E-state index in [2.05, 4.69) is 5.32 Å². The highest BCUT2D eigenvalue weighted by atomic mass is 35.5. The molecule has 2 heterocycles. The van der Waals surface area contributed by atoms with Gasteiger partial charge in [-0.1, -0.05) is 37.0 Å². The van der Waals surface area contributed by atoms with E-state index in [1.807, 2.05) is 19.9 Å². The number of halogens is 2. The fourth-order valence-corrected chi connectivity index (χ4v) is 3.77. The number of β-amino-alcohol motifs (C(OH)–C–C–N with tert-alkyl or cyclic N) is 1. The lowest BCUT2D eigenvalue weighted by Gasteiger charge is -2.20. The van der Waals surface area contributed by atoms with Crippen LogP contribution in [-0.4, -0.2) is 56.4 Å². The molecule has 1 fully saturated rings. The van der Waals surface area contributed by atoms with Gasteiger partial charge in [-0.25, -0.2) is 14.8 Å². The summed E-state index contributed by atoms with van der Waals surface area (Å²) in [4.78, 5) is 21.9. The fraction of sp³-hybridized carbons (Fsp3) is 0.421. The summed E-state index contributed by atoms with van der Waals surface area (Å²) < 4.78 is 0. The van der Waals surface area contributed by atoms with Crippen molar-refractivity contribution in [3.8, 4) is 11.3 Å². The van der Waals surface area contributed by atoms with Gasteiger partial charge in [0.1, 0.15) is 5.82 Å². The van der Waals surface area contributed by atoms with Crippen molar-refractivity contribution in [2.24, 2.45) is 0 Å². The van der Waals surface area contributed by atoms with Gasteiger partial charge in [0.25, 0.3) is 0 Å². The molecule has 0 bridgehead atoms. The van der Waals surface area contributed by atoms with Crippen LogP contribution in [-0.2, 0) is 12.8 Å². The molecule has 0 unspecified atom stereocenters. The Hall–Kier alpha value is -2.09. The molecule has 0 aliphatic carbocycles. The zero-order chi connectivity index (χ0) is 20.4. The predicted molar refractivity (Wildman–Crippen MR) is 109 cm³/mol. The Balaban J connectivity index is 1.96. The fourth-order valence-electron chi connectivity index (χ4n) is 3.27. The highest BCUT2D eigenvalue weighted by Crippen LogP contribution is 2.32. The number of aryl methyl sites for hydroxylation is 2. The van der Waals surface area contributed by atoms with Gasteiger partial charge in [-0.05, 0) is 31.0 Å². The van der Waals surface area contributed by atoms with Crippen molar-refractivity contribution in [2.75, 3.05) is 18.4 Å². The average molecular weight is 425 g/mol. The molecule has 3 rings (SSSR count). The van der Waals surface area contributed by atoms with Crippen LogP contribution in [0.15, 0.2) is 18.2 Å². The number of benzene rings is 1. The van der Waals surface area contributed by atoms with Gasteiger partial charge in [0.05, 0.1) is 40.8 Å². The molecule has 0 radical (unpaired) electrons. The molecule has 2 atom stereocenters. The van der Waals surface area contributed by atoms with E-state index in [4.69, 9.17) is 38.3 Å². The maximum Gasteiger partial charge on any atom is 0.407 e. The Morgan fingerprint density at radius 2 is 1.93 bits per heavy atom. The molecule has 0 spiro atoms. The smallest absolute Gasteiger partial charge is 0.407 e. The third kappa shape index (κ3) is 4.16. The van der Waals surface area contributed by atoms with Crippen LogP contribution in [0, 0.1) is 0 Å². The van der Waals surface area contributed by atoms with Crippen LogP contribution >= 0.6 is 23.2 Å². The molecule has 150 valence electrons. The molecule has 1 aromatic heterocycles. The van der Waals surface area contributed by atoms with E-state index in [1.54, 1.807) is 12.1 Å². The molecule has 1 aromatic carbocycles. The number of hydrogen-bond donors (Lipinski definition) is 3. The van der Waals surface area contributed by atoms with Crippen LogP contribution in [0.2, 0.25) is 10.0 Å². The topological polar surface area (TPSA) is 98.6 Å². The molecule has 1 saturated heterocycles. The summed E-state index contributed by atoms with van der Waals surface area (Å²) in [6.07, 6.45) is -0.609. The van der Waals surface area contributed by atoms with Gasteiger partial charge in [-0.3, -0.25) is 0 Å². The van der Waals surface area contributed by atoms with E-state index in [0.717, 1.165) is 17.0 Å². The zero-order valence-corrected chi connectivity index (χ0v) is 17.1. The number of nitrogens with one attached hydrogen (secondary N) is 1. The van der Waals surface area contributed by atoms with Crippen molar-refractivity contribution in [1.29, 1.82) is 0 Å². The Bertz CT molecular complexity index is 894. The third-order valence-corrected chi connectivity index (χ3v) is 5.33. The van der Waals surface area contributed by atoms with Crippen molar-refractivity contribution >= 4 is 35.1 Å². The number of carbonyl (C=O) groups is 1. The second-order valence-corrected chi connectivity index (χ2v) is 7.49. The number of aliphatic hydroxyl groups is 1. The first-order valence-electron chi connectivity index (χ1n) is 9.11. The summed E-state index contributed by atoms with van der Waals surface area (Å²) in [7, 11) is 0. The Morgan fingerprint density at radius 1 is 1.21 bits per heavy atom. The number of anilines is 1. The molecule has 9 heteroatoms. The number of rotatable bonds is 5. The number of hydrogen-bond acceptors (Lipinski definition) is 5. The van der Waals surface area contributed by atoms with E-state index < -0.39 is 18.2 Å². The summed E-state index contributed by atoms with van der Waals surface area (Å²) in [5.41, 5.74) is 2.94. The minimum absolute atomic E-state index is 0.0704. The average Bonchev–Trinajstić information content (AvgIpc) is 3.02. The molecule has 1 aliphatic rings. The largest absolute Gasteiger partial charge is 0.465 e. The van der Waals surface area contributed by atoms with Gasteiger partial charge in [0.2, 0.25) is 0 Å². The summed E-state index contributed by atoms with van der Waals surface area (Å²) in [6.45, 7) is 4.19. The molecule has 1 amide bonds. The second-order valence-electron chi connectivity index (χ2n) is 6.65. The normalized spacial score (nSPS) is 19.1. The molecule has 7 nitrogen and oxygen atoms in total. The van der Waals surface area contributed by atoms with Gasteiger partial charge >= 0.3 is 6.09 Å². The number of amides is 1. The maximum atomic E-state index is 11.2. The first kappa shape index (κ1) is 20.6. The lowest BCUT2D eigenvalue weighted by atomic mass is 10.1. The Kier molecular flexibility index (Phi) is 6.27. The Morgan fingerprint density at radius 3 is 2.50 bits per heavy atom. The maximum absolute atomic E-state index is 11.2. The van der Waals surface area contributed by atoms with E-state index in [0.29, 0.717) is 34.4 Å². The minimum atomic E-state index is -1.05. The standard InChI is InChI=1S/C19H22Cl2N4O3/c1-3-13-17(11-6-5-10(20)7-12(11)21)22-14(4-2)18(23-13)24-15-8-25(19(27)28)9-16(15)26/h5-7,15-16,26H,3-4,8-9H2,1-2H3,(H,23,24)(H,27,28)/t15-,16-/m1/s1. The lowest BCUT2D eigenvalue weighted by molar-refractivity contribution is 0.139. The van der Waals surface area contributed by atoms with Crippen molar-refractivity contribution in [1.82, 2.24) is 14.9 Å². The van der Waals surface area contributed by atoms with E-state index >= 15 is 0 Å². The highest BCUT2D eigenvalue weighted by Gasteiger charge is 2.34. The molecule has 1 aliphatic heterocycles. The van der Waals surface area contributed by atoms with Crippen molar-refractivity contribution in [2.45, 2.75) is 38.8 Å². The van der Waals surface area contributed by atoms with E-state index in [1.165, 1.54) is 4.90 Å². The number of likely N-dealkylation sites (tertiary alicyclic amines) is 1. The monoisotopic (exact) mass is 424 g/mol. The van der Waals surface area contributed by atoms with Gasteiger partial charge in [0, 0.05) is 17.1 Å². The first-order valence-corrected chi connectivity index (χ1v) is 9.87. The molecule has 0 saturated carbocycles. The predicted octanol–water partition coefficient (Wildman–Crippen LogP) is 3.71. The van der Waals surface area contributed by atoms with Crippen molar-refractivity contribution < 1.29 is 15.0 Å². The van der Waals surface area contributed by atoms with Gasteiger partial charge in [-0.2, -0.15) is 0 Å². The van der Waals surface area contributed by atoms with Crippen molar-refractivity contribution in [3.05, 3.63) is 39.6 Å². The summed E-state index contributed by atoms with van der Waals surface area (Å²) >= 11 is 12.4. The van der Waals surface area contributed by atoms with Gasteiger partial charge < -0.3 is 20.4 Å². The minimum Gasteiger partial charge on any atom is -0.465 e. The molecule has 2 aromatic rings. The lowest BCUT2D eigenvalue weighted by Crippen LogP contribution is -2.33. The summed E-state index contributed by atoms with van der Waals surface area (Å²) in [5.74, 6) is 0.560. The van der Waals surface area contributed by atoms with Crippen LogP contribution in [0.25, 0.3) is 11.3 Å². The second kappa shape index (κ2) is 8.51. The van der Waals surface area contributed by atoms with Crippen LogP contribution < -0.4 is 5.32 Å². The SMILES string of the molecule is CCc1nc(-c2ccc(Cl)cc2Cl)c(CC)nc1N[C@@H]1CN(C(=O)O)C[C@H]1O. The third-order valence-electron chi connectivity index (χ3n) is 4.78. The van der Waals surface area contributed by atoms with Crippen LogP contribution in [0.3, 0.4) is 0 Å². The molecular formula is C19H22Cl2N4O3. The first-order chi connectivity index (χ1) is 13.3. The van der Waals surface area contributed by atoms with E-state index in [9.17, 15) is 9.90 Å². The zero-order valence-electron chi connectivity index (χ0n) is 15.6. The highest BCUT2D eigenvalue weighted by molar-refractivity contribution is 6.36. The van der Waals surface area contributed by atoms with Crippen LogP contribution in [0.4, 0.5) is 10.6 Å². The molecule has 28 heavy (non-hydrogen) atoms. The quantitative estimate of drug-likeness (QED) is 0.676. The molecular weight excluding hydrogens is 403 g/mol. The number of nitrogens with zero attached hydrogens (tertiary/aromatic N) is 3. The van der Waals surface area contributed by atoms with Crippen LogP contribution in [0.1, 0.15) is 25.2 Å². The van der Waals surface area contributed by atoms with Gasteiger partial charge in [0.15, 0.2) is 0 Å². The van der Waals surface area contributed by atoms with Crippen LogP contribution in [0.5, 0.6) is 0 Å². The summed E-state index contributed by atoms with van der Waals surface area (Å²) in [5, 5.41) is 23.6. The van der Waals surface area contributed by atoms with E-state index in [-0.39, 0.29) is 13.1 Å². The number of aliphatic hydroxyl groups excluding tert-OH is 1. The van der Waals surface area contributed by atoms with Crippen molar-refractivity contribution in [3.63, 3.8) is 0 Å². The van der Waals surface area contributed by atoms with Gasteiger partial charge in [-0.15, -0.1) is 0 Å². The number of carboxylic acid groups (broad SMARTS) is 1.